The highest BCUT2D eigenvalue weighted by Crippen LogP contribution is 2.45. The summed E-state index contributed by atoms with van der Waals surface area (Å²) in [6.07, 6.45) is 4.28. The molecule has 0 spiro atoms. The smallest absolute Gasteiger partial charge is 0.235 e. The summed E-state index contributed by atoms with van der Waals surface area (Å²) in [5.74, 6) is 0. The molecule has 0 aliphatic heterocycles. The van der Waals surface area contributed by atoms with Gasteiger partial charge in [-0.1, -0.05) is 24.3 Å². The minimum atomic E-state index is -0.508. The van der Waals surface area contributed by atoms with Crippen molar-refractivity contribution in [3.63, 3.8) is 0 Å². The zero-order chi connectivity index (χ0) is 10.7. The molecule has 0 N–H and O–H groups in total. The molecule has 1 saturated carbocycles. The second-order valence-corrected chi connectivity index (χ2v) is 3.88. The first-order valence-corrected chi connectivity index (χ1v) is 5.06. The predicted molar refractivity (Wildman–Crippen MR) is 54.9 cm³/mol. The molecular formula is C12H12FNO. The van der Waals surface area contributed by atoms with Gasteiger partial charge >= 0.3 is 0 Å². The molecule has 0 radical (unpaired) electrons. The fourth-order valence-electron chi connectivity index (χ4n) is 2.13. The van der Waals surface area contributed by atoms with Crippen molar-refractivity contribution in [3.05, 3.63) is 35.4 Å². The number of carbonyl (C=O) groups excluding carboxylic acids is 1. The van der Waals surface area contributed by atoms with Crippen molar-refractivity contribution >= 4 is 6.08 Å². The molecule has 78 valence electrons. The monoisotopic (exact) mass is 205 g/mol. The first kappa shape index (κ1) is 10.1. The van der Waals surface area contributed by atoms with Gasteiger partial charge in [-0.05, 0) is 30.4 Å². The second-order valence-electron chi connectivity index (χ2n) is 3.88. The number of halogens is 1. The zero-order valence-corrected chi connectivity index (χ0v) is 8.37. The van der Waals surface area contributed by atoms with E-state index in [1.165, 1.54) is 0 Å². The SMILES string of the molecule is O=C=NC1(c2ccccc2CF)CCC1. The van der Waals surface area contributed by atoms with Crippen molar-refractivity contribution in [2.75, 3.05) is 0 Å². The van der Waals surface area contributed by atoms with Crippen molar-refractivity contribution in [1.82, 2.24) is 0 Å². The van der Waals surface area contributed by atoms with E-state index in [2.05, 4.69) is 4.99 Å². The van der Waals surface area contributed by atoms with E-state index < -0.39 is 12.2 Å². The molecule has 2 nitrogen and oxygen atoms in total. The molecule has 3 heteroatoms. The van der Waals surface area contributed by atoms with Crippen molar-refractivity contribution in [2.24, 2.45) is 4.99 Å². The average molecular weight is 205 g/mol. The molecule has 1 aromatic rings. The molecule has 1 aliphatic rings. The van der Waals surface area contributed by atoms with E-state index in [1.807, 2.05) is 12.1 Å². The van der Waals surface area contributed by atoms with Crippen LogP contribution >= 0.6 is 0 Å². The topological polar surface area (TPSA) is 29.4 Å². The Bertz CT molecular complexity index is 406. The van der Waals surface area contributed by atoms with Gasteiger partial charge in [0.25, 0.3) is 0 Å². The van der Waals surface area contributed by atoms with E-state index in [1.54, 1.807) is 18.2 Å². The van der Waals surface area contributed by atoms with Crippen LogP contribution in [0.4, 0.5) is 4.39 Å². The normalized spacial score (nSPS) is 17.7. The Morgan fingerprint density at radius 2 is 2.13 bits per heavy atom. The number of hydrogen-bond acceptors (Lipinski definition) is 2. The Hall–Kier alpha value is -1.47. The van der Waals surface area contributed by atoms with Crippen LogP contribution in [0, 0.1) is 0 Å². The highest BCUT2D eigenvalue weighted by atomic mass is 19.1. The van der Waals surface area contributed by atoms with Gasteiger partial charge in [-0.2, -0.15) is 4.99 Å². The lowest BCUT2D eigenvalue weighted by atomic mass is 9.71. The molecule has 15 heavy (non-hydrogen) atoms. The van der Waals surface area contributed by atoms with Crippen LogP contribution in [0.5, 0.6) is 0 Å². The molecule has 1 fully saturated rings. The van der Waals surface area contributed by atoms with Crippen LogP contribution in [0.1, 0.15) is 30.4 Å². The maximum Gasteiger partial charge on any atom is 0.235 e. The average Bonchev–Trinajstić information content (AvgIpc) is 2.23. The molecule has 0 amide bonds. The second kappa shape index (κ2) is 3.95. The summed E-state index contributed by atoms with van der Waals surface area (Å²) < 4.78 is 12.8. The number of isocyanates is 1. The van der Waals surface area contributed by atoms with Crippen LogP contribution in [0.2, 0.25) is 0 Å². The largest absolute Gasteiger partial charge is 0.246 e. The van der Waals surface area contributed by atoms with Crippen molar-refractivity contribution in [2.45, 2.75) is 31.5 Å². The van der Waals surface area contributed by atoms with Crippen molar-refractivity contribution in [3.8, 4) is 0 Å². The van der Waals surface area contributed by atoms with E-state index >= 15 is 0 Å². The van der Waals surface area contributed by atoms with E-state index in [0.717, 1.165) is 24.8 Å². The lowest BCUT2D eigenvalue weighted by molar-refractivity contribution is 0.252. The van der Waals surface area contributed by atoms with E-state index in [9.17, 15) is 9.18 Å². The quantitative estimate of drug-likeness (QED) is 0.551. The Labute approximate surface area is 87.8 Å². The van der Waals surface area contributed by atoms with Crippen molar-refractivity contribution < 1.29 is 9.18 Å². The minimum absolute atomic E-state index is 0.482. The summed E-state index contributed by atoms with van der Waals surface area (Å²) in [6.45, 7) is -0.508. The summed E-state index contributed by atoms with van der Waals surface area (Å²) in [5, 5.41) is 0. The van der Waals surface area contributed by atoms with Crippen molar-refractivity contribution in [1.29, 1.82) is 0 Å². The lowest BCUT2D eigenvalue weighted by Crippen LogP contribution is -2.32. The summed E-state index contributed by atoms with van der Waals surface area (Å²) in [4.78, 5) is 14.3. The molecule has 0 unspecified atom stereocenters. The molecule has 0 aromatic heterocycles. The van der Waals surface area contributed by atoms with E-state index in [4.69, 9.17) is 0 Å². The number of nitrogens with zero attached hydrogens (tertiary/aromatic N) is 1. The Balaban J connectivity index is 2.46. The number of hydrogen-bond donors (Lipinski definition) is 0. The molecule has 2 rings (SSSR count). The summed E-state index contributed by atoms with van der Waals surface area (Å²) in [6, 6.07) is 7.26. The minimum Gasteiger partial charge on any atom is -0.246 e. The number of aliphatic imine (C=N–C) groups is 1. The fraction of sp³-hybridized carbons (Fsp3) is 0.417. The highest BCUT2D eigenvalue weighted by molar-refractivity contribution is 5.42. The summed E-state index contributed by atoms with van der Waals surface area (Å²) in [7, 11) is 0. The highest BCUT2D eigenvalue weighted by Gasteiger charge is 2.40. The Morgan fingerprint density at radius 3 is 2.67 bits per heavy atom. The lowest BCUT2D eigenvalue weighted by Gasteiger charge is -2.38. The van der Waals surface area contributed by atoms with E-state index in [0.29, 0.717) is 5.56 Å². The maximum absolute atomic E-state index is 12.8. The van der Waals surface area contributed by atoms with E-state index in [-0.39, 0.29) is 0 Å². The molecule has 0 bridgehead atoms. The molecule has 0 saturated heterocycles. The summed E-state index contributed by atoms with van der Waals surface area (Å²) in [5.41, 5.74) is 1.00. The van der Waals surface area contributed by atoms with Gasteiger partial charge in [-0.25, -0.2) is 9.18 Å². The van der Waals surface area contributed by atoms with Gasteiger partial charge in [0.2, 0.25) is 6.08 Å². The Kier molecular flexibility index (Phi) is 2.65. The van der Waals surface area contributed by atoms with Gasteiger partial charge in [0.1, 0.15) is 6.67 Å². The van der Waals surface area contributed by atoms with Gasteiger partial charge in [-0.15, -0.1) is 0 Å². The fourth-order valence-corrected chi connectivity index (χ4v) is 2.13. The van der Waals surface area contributed by atoms with Gasteiger partial charge in [0, 0.05) is 0 Å². The summed E-state index contributed by atoms with van der Waals surface area (Å²) >= 11 is 0. The van der Waals surface area contributed by atoms with Crippen LogP contribution in [0.3, 0.4) is 0 Å². The third-order valence-corrected chi connectivity index (χ3v) is 3.10. The van der Waals surface area contributed by atoms with Gasteiger partial charge in [-0.3, -0.25) is 0 Å². The molecular weight excluding hydrogens is 193 g/mol. The number of rotatable bonds is 3. The van der Waals surface area contributed by atoms with Crippen LogP contribution in [0.15, 0.2) is 29.3 Å². The van der Waals surface area contributed by atoms with Crippen LogP contribution in [0.25, 0.3) is 0 Å². The van der Waals surface area contributed by atoms with Crippen LogP contribution in [-0.4, -0.2) is 6.08 Å². The molecule has 0 heterocycles. The molecule has 1 aliphatic carbocycles. The van der Waals surface area contributed by atoms with Crippen LogP contribution in [-0.2, 0) is 17.0 Å². The first-order valence-electron chi connectivity index (χ1n) is 5.06. The van der Waals surface area contributed by atoms with Gasteiger partial charge in [0.05, 0.1) is 5.54 Å². The number of benzene rings is 1. The zero-order valence-electron chi connectivity index (χ0n) is 8.37. The predicted octanol–water partition coefficient (Wildman–Crippen LogP) is 2.87. The number of alkyl halides is 1. The standard InChI is InChI=1S/C12H12FNO/c13-8-10-4-1-2-5-11(10)12(14-9-15)6-3-7-12/h1-2,4-5H,3,6-8H2. The third kappa shape index (κ3) is 1.59. The maximum atomic E-state index is 12.8. The molecule has 1 aromatic carbocycles. The Morgan fingerprint density at radius 1 is 1.40 bits per heavy atom. The first-order chi connectivity index (χ1) is 7.32. The third-order valence-electron chi connectivity index (χ3n) is 3.10. The van der Waals surface area contributed by atoms with Crippen LogP contribution < -0.4 is 0 Å². The molecule has 0 atom stereocenters. The van der Waals surface area contributed by atoms with Gasteiger partial charge < -0.3 is 0 Å². The van der Waals surface area contributed by atoms with Gasteiger partial charge in [0.15, 0.2) is 0 Å².